The highest BCUT2D eigenvalue weighted by atomic mass is 32.2. The average molecular weight is 484 g/mol. The van der Waals surface area contributed by atoms with Crippen LogP contribution in [0.1, 0.15) is 35.3 Å². The smallest absolute Gasteiger partial charge is 0.263 e. The molecule has 0 saturated carbocycles. The monoisotopic (exact) mass is 483 g/mol. The van der Waals surface area contributed by atoms with Gasteiger partial charge >= 0.3 is 0 Å². The maximum Gasteiger partial charge on any atom is 0.263 e. The lowest BCUT2D eigenvalue weighted by molar-refractivity contribution is -0.118. The number of allylic oxidation sites excluding steroid dienone is 1. The average Bonchev–Trinajstić information content (AvgIpc) is 3.35. The van der Waals surface area contributed by atoms with E-state index in [9.17, 15) is 9.59 Å². The Hall–Kier alpha value is -2.78. The van der Waals surface area contributed by atoms with Gasteiger partial charge in [0.05, 0.1) is 11.1 Å². The Bertz CT molecular complexity index is 1280. The molecule has 1 aromatic carbocycles. The summed E-state index contributed by atoms with van der Waals surface area (Å²) in [4.78, 5) is 32.8. The Balaban J connectivity index is 1.31. The summed E-state index contributed by atoms with van der Waals surface area (Å²) in [6.45, 7) is 4.78. The van der Waals surface area contributed by atoms with E-state index in [1.54, 1.807) is 22.0 Å². The number of benzene rings is 1. The number of ether oxygens (including phenoxy) is 2. The lowest BCUT2D eigenvalue weighted by Crippen LogP contribution is -2.26. The number of carbonyl (C=O) groups is 1. The van der Waals surface area contributed by atoms with Gasteiger partial charge in [-0.3, -0.25) is 14.2 Å². The van der Waals surface area contributed by atoms with E-state index in [1.165, 1.54) is 28.6 Å². The van der Waals surface area contributed by atoms with E-state index < -0.39 is 0 Å². The summed E-state index contributed by atoms with van der Waals surface area (Å²) in [6.07, 6.45) is 7.12. The Morgan fingerprint density at radius 2 is 2.09 bits per heavy atom. The second-order valence-electron chi connectivity index (χ2n) is 8.10. The normalized spacial score (nSPS) is 14.7. The molecule has 0 bridgehead atoms. The molecule has 172 valence electrons. The minimum Gasteiger partial charge on any atom is -0.454 e. The molecular weight excluding hydrogens is 458 g/mol. The van der Waals surface area contributed by atoms with Crippen LogP contribution in [0.25, 0.3) is 10.2 Å². The van der Waals surface area contributed by atoms with Gasteiger partial charge in [-0.25, -0.2) is 4.98 Å². The van der Waals surface area contributed by atoms with Gasteiger partial charge in [0.1, 0.15) is 4.83 Å². The number of nitrogens with one attached hydrogen (secondary N) is 1. The van der Waals surface area contributed by atoms with Crippen LogP contribution in [0.5, 0.6) is 11.5 Å². The van der Waals surface area contributed by atoms with E-state index in [0.717, 1.165) is 41.5 Å². The van der Waals surface area contributed by atoms with Crippen LogP contribution < -0.4 is 20.3 Å². The largest absolute Gasteiger partial charge is 0.454 e. The summed E-state index contributed by atoms with van der Waals surface area (Å²) in [7, 11) is 0. The van der Waals surface area contributed by atoms with Crippen LogP contribution in [-0.4, -0.2) is 28.0 Å². The molecule has 33 heavy (non-hydrogen) atoms. The molecular formula is C24H25N3O4S2. The first-order chi connectivity index (χ1) is 16.1. The minimum absolute atomic E-state index is 0.0254. The van der Waals surface area contributed by atoms with Crippen molar-refractivity contribution in [3.8, 4) is 11.5 Å². The molecule has 1 aliphatic carbocycles. The zero-order chi connectivity index (χ0) is 22.8. The third kappa shape index (κ3) is 4.52. The highest BCUT2D eigenvalue weighted by Gasteiger charge is 2.21. The molecule has 7 nitrogen and oxygen atoms in total. The van der Waals surface area contributed by atoms with Gasteiger partial charge < -0.3 is 14.8 Å². The summed E-state index contributed by atoms with van der Waals surface area (Å²) >= 11 is 2.92. The lowest BCUT2D eigenvalue weighted by atomic mass is 10.1. The number of rotatable bonds is 7. The predicted molar refractivity (Wildman–Crippen MR) is 130 cm³/mol. The van der Waals surface area contributed by atoms with Crippen LogP contribution in [-0.2, 0) is 30.7 Å². The van der Waals surface area contributed by atoms with Gasteiger partial charge in [0.15, 0.2) is 16.7 Å². The minimum atomic E-state index is -0.126. The number of thiophene rings is 1. The molecule has 1 aliphatic heterocycles. The first kappa shape index (κ1) is 22.0. The zero-order valence-corrected chi connectivity index (χ0v) is 19.9. The van der Waals surface area contributed by atoms with Crippen LogP contribution in [0.15, 0.2) is 40.8 Å². The van der Waals surface area contributed by atoms with E-state index >= 15 is 0 Å². The number of thioether (sulfide) groups is 1. The SMILES string of the molecule is C=CCn1c(SCC(=O)NCc2ccc3c(c2)OCO3)nc2sc3c(c2c1=O)CCCCC3. The summed E-state index contributed by atoms with van der Waals surface area (Å²) in [5.41, 5.74) is 2.09. The van der Waals surface area contributed by atoms with Gasteiger partial charge in [0.2, 0.25) is 12.7 Å². The topological polar surface area (TPSA) is 82.5 Å². The Morgan fingerprint density at radius 3 is 2.97 bits per heavy atom. The number of amides is 1. The number of aryl methyl sites for hydroxylation is 2. The van der Waals surface area contributed by atoms with E-state index in [4.69, 9.17) is 14.5 Å². The van der Waals surface area contributed by atoms with Crippen molar-refractivity contribution in [1.82, 2.24) is 14.9 Å². The molecule has 1 N–H and O–H groups in total. The van der Waals surface area contributed by atoms with Gasteiger partial charge in [-0.05, 0) is 48.9 Å². The maximum atomic E-state index is 13.4. The van der Waals surface area contributed by atoms with Crippen LogP contribution in [0.2, 0.25) is 0 Å². The van der Waals surface area contributed by atoms with Gasteiger partial charge in [0.25, 0.3) is 5.56 Å². The molecule has 9 heteroatoms. The third-order valence-corrected chi connectivity index (χ3v) is 8.02. The first-order valence-electron chi connectivity index (χ1n) is 11.1. The highest BCUT2D eigenvalue weighted by Crippen LogP contribution is 2.34. The number of nitrogens with zero attached hydrogens (tertiary/aromatic N) is 2. The zero-order valence-electron chi connectivity index (χ0n) is 18.2. The van der Waals surface area contributed by atoms with E-state index in [1.807, 2.05) is 18.2 Å². The van der Waals surface area contributed by atoms with Crippen LogP contribution >= 0.6 is 23.1 Å². The maximum absolute atomic E-state index is 13.4. The molecule has 0 atom stereocenters. The molecule has 0 saturated heterocycles. The van der Waals surface area contributed by atoms with Crippen molar-refractivity contribution in [2.45, 2.75) is 50.4 Å². The third-order valence-electron chi connectivity index (χ3n) is 5.86. The number of aromatic nitrogens is 2. The van der Waals surface area contributed by atoms with Gasteiger partial charge in [-0.15, -0.1) is 17.9 Å². The number of hydrogen-bond acceptors (Lipinski definition) is 7. The molecule has 2 aliphatic rings. The van der Waals surface area contributed by atoms with Crippen molar-refractivity contribution < 1.29 is 14.3 Å². The summed E-state index contributed by atoms with van der Waals surface area (Å²) in [6, 6.07) is 5.61. The quantitative estimate of drug-likeness (QED) is 0.236. The van der Waals surface area contributed by atoms with Crippen molar-refractivity contribution in [3.05, 3.63) is 57.2 Å². The van der Waals surface area contributed by atoms with Gasteiger partial charge in [-0.1, -0.05) is 30.3 Å². The number of carbonyl (C=O) groups excluding carboxylic acids is 1. The van der Waals surface area contributed by atoms with Crippen LogP contribution in [0.3, 0.4) is 0 Å². The second kappa shape index (κ2) is 9.61. The van der Waals surface area contributed by atoms with Crippen molar-refractivity contribution in [2.75, 3.05) is 12.5 Å². The Labute approximate surface area is 199 Å². The molecule has 3 heterocycles. The summed E-state index contributed by atoms with van der Waals surface area (Å²) in [5.74, 6) is 1.45. The molecule has 5 rings (SSSR count). The summed E-state index contributed by atoms with van der Waals surface area (Å²) < 4.78 is 12.3. The number of fused-ring (bicyclic) bond motifs is 4. The Kier molecular flexibility index (Phi) is 6.41. The number of hydrogen-bond donors (Lipinski definition) is 1. The molecule has 0 unspecified atom stereocenters. The van der Waals surface area contributed by atoms with Crippen LogP contribution in [0.4, 0.5) is 0 Å². The lowest BCUT2D eigenvalue weighted by Gasteiger charge is -2.11. The van der Waals surface area contributed by atoms with Crippen molar-refractivity contribution >= 4 is 39.2 Å². The molecule has 3 aromatic rings. The van der Waals surface area contributed by atoms with E-state index in [-0.39, 0.29) is 24.0 Å². The van der Waals surface area contributed by atoms with Gasteiger partial charge in [-0.2, -0.15) is 0 Å². The molecule has 1 amide bonds. The fraction of sp³-hybridized carbons (Fsp3) is 0.375. The molecule has 2 aromatic heterocycles. The molecule has 0 radical (unpaired) electrons. The van der Waals surface area contributed by atoms with Crippen molar-refractivity contribution in [1.29, 1.82) is 0 Å². The van der Waals surface area contributed by atoms with E-state index in [2.05, 4.69) is 11.9 Å². The first-order valence-corrected chi connectivity index (χ1v) is 12.9. The fourth-order valence-corrected chi connectivity index (χ4v) is 6.37. The molecule has 0 spiro atoms. The van der Waals surface area contributed by atoms with E-state index in [0.29, 0.717) is 29.7 Å². The Morgan fingerprint density at radius 1 is 1.24 bits per heavy atom. The van der Waals surface area contributed by atoms with Crippen molar-refractivity contribution in [3.63, 3.8) is 0 Å². The fourth-order valence-electron chi connectivity index (χ4n) is 4.23. The highest BCUT2D eigenvalue weighted by molar-refractivity contribution is 7.99. The van der Waals surface area contributed by atoms with Crippen LogP contribution in [0, 0.1) is 0 Å². The van der Waals surface area contributed by atoms with Gasteiger partial charge in [0, 0.05) is 18.0 Å². The van der Waals surface area contributed by atoms with Crippen molar-refractivity contribution in [2.24, 2.45) is 0 Å². The molecule has 0 fully saturated rings. The second-order valence-corrected chi connectivity index (χ2v) is 10.1. The summed E-state index contributed by atoms with van der Waals surface area (Å²) in [5, 5.41) is 4.24. The predicted octanol–water partition coefficient (Wildman–Crippen LogP) is 4.05. The standard InChI is InChI=1S/C24H25N3O4S2/c1-2-10-27-23(29)21-16-6-4-3-5-7-19(16)33-22(21)26-24(27)32-13-20(28)25-12-15-8-9-17-18(11-15)31-14-30-17/h2,8-9,11H,1,3-7,10,12-14H2,(H,25,28).